The Labute approximate surface area is 135 Å². The number of aromatic nitrogens is 1. The van der Waals surface area contributed by atoms with Crippen LogP contribution < -0.4 is 10.2 Å². The first-order chi connectivity index (χ1) is 10.9. The van der Waals surface area contributed by atoms with Crippen molar-refractivity contribution in [3.63, 3.8) is 0 Å². The molecule has 122 valence electrons. The van der Waals surface area contributed by atoms with Crippen LogP contribution in [0.25, 0.3) is 0 Å². The fraction of sp³-hybridized carbons (Fsp3) is 0.588. The van der Waals surface area contributed by atoms with Crippen LogP contribution in [0.3, 0.4) is 0 Å². The number of anilines is 2. The summed E-state index contributed by atoms with van der Waals surface area (Å²) in [5.41, 5.74) is 0.928. The first-order valence-corrected chi connectivity index (χ1v) is 8.11. The Morgan fingerprint density at radius 1 is 1.39 bits per heavy atom. The van der Waals surface area contributed by atoms with Gasteiger partial charge in [-0.1, -0.05) is 0 Å². The van der Waals surface area contributed by atoms with Crippen LogP contribution >= 0.6 is 0 Å². The fourth-order valence-electron chi connectivity index (χ4n) is 3.58. The summed E-state index contributed by atoms with van der Waals surface area (Å²) < 4.78 is 5.59. The van der Waals surface area contributed by atoms with Crippen molar-refractivity contribution in [2.45, 2.75) is 39.2 Å². The third kappa shape index (κ3) is 2.36. The Balaban J connectivity index is 1.61. The molecule has 1 aromatic rings. The molecule has 0 radical (unpaired) electrons. The molecule has 1 saturated heterocycles. The van der Waals surface area contributed by atoms with E-state index in [0.717, 1.165) is 30.6 Å². The van der Waals surface area contributed by atoms with Gasteiger partial charge in [0.15, 0.2) is 0 Å². The van der Waals surface area contributed by atoms with Crippen LogP contribution in [0.4, 0.5) is 11.4 Å². The maximum Gasteiger partial charge on any atom is 0.312 e. The van der Waals surface area contributed by atoms with Crippen molar-refractivity contribution in [1.29, 1.82) is 0 Å². The lowest BCUT2D eigenvalue weighted by atomic mass is 9.91. The minimum Gasteiger partial charge on any atom is -0.460 e. The molecule has 1 aromatic heterocycles. The van der Waals surface area contributed by atoms with Gasteiger partial charge in [-0.2, -0.15) is 0 Å². The lowest BCUT2D eigenvalue weighted by Crippen LogP contribution is -2.42. The highest BCUT2D eigenvalue weighted by Crippen LogP contribution is 2.55. The van der Waals surface area contributed by atoms with E-state index in [2.05, 4.69) is 15.2 Å². The van der Waals surface area contributed by atoms with E-state index in [1.807, 2.05) is 19.9 Å². The van der Waals surface area contributed by atoms with Gasteiger partial charge in [0, 0.05) is 19.2 Å². The minimum absolute atomic E-state index is 0.00506. The van der Waals surface area contributed by atoms with Gasteiger partial charge in [0.25, 0.3) is 0 Å². The molecule has 6 heteroatoms. The molecular weight excluding hydrogens is 294 g/mol. The summed E-state index contributed by atoms with van der Waals surface area (Å²) in [5.74, 6) is -0.0493. The second-order valence-electron chi connectivity index (χ2n) is 7.62. The minimum atomic E-state index is -0.529. The van der Waals surface area contributed by atoms with E-state index < -0.39 is 5.41 Å². The zero-order chi connectivity index (χ0) is 16.2. The SMILES string of the molecule is CC1(C)CN(CC2CC3(CC3)C(=O)O2)c2cnccc2NC1=O. The molecule has 0 aromatic carbocycles. The first-order valence-electron chi connectivity index (χ1n) is 8.11. The molecule has 1 amide bonds. The van der Waals surface area contributed by atoms with E-state index in [9.17, 15) is 9.59 Å². The number of carbonyl (C=O) groups is 2. The fourth-order valence-corrected chi connectivity index (χ4v) is 3.58. The molecule has 23 heavy (non-hydrogen) atoms. The standard InChI is InChI=1S/C17H21N3O3/c1-16(2)10-20(9-11-7-17(4-5-17)15(22)23-11)13-8-18-6-3-12(13)19-14(16)21/h3,6,8,11H,4-5,7,9-10H2,1-2H3,(H,19,21). The molecule has 1 N–H and O–H groups in total. The van der Waals surface area contributed by atoms with Gasteiger partial charge < -0.3 is 15.0 Å². The number of rotatable bonds is 2. The molecule has 2 aliphatic heterocycles. The van der Waals surface area contributed by atoms with E-state index >= 15 is 0 Å². The zero-order valence-corrected chi connectivity index (χ0v) is 13.5. The summed E-state index contributed by atoms with van der Waals surface area (Å²) in [6, 6.07) is 1.81. The number of nitrogens with zero attached hydrogens (tertiary/aromatic N) is 2. The molecule has 3 aliphatic rings. The van der Waals surface area contributed by atoms with Gasteiger partial charge in [-0.05, 0) is 32.8 Å². The Morgan fingerprint density at radius 3 is 2.87 bits per heavy atom. The van der Waals surface area contributed by atoms with Crippen LogP contribution in [0.1, 0.15) is 33.1 Å². The molecule has 1 unspecified atom stereocenters. The third-order valence-electron chi connectivity index (χ3n) is 5.19. The maximum absolute atomic E-state index is 12.4. The van der Waals surface area contributed by atoms with Crippen LogP contribution in [0.15, 0.2) is 18.5 Å². The van der Waals surface area contributed by atoms with E-state index in [1.54, 1.807) is 12.4 Å². The van der Waals surface area contributed by atoms with E-state index in [4.69, 9.17) is 4.74 Å². The van der Waals surface area contributed by atoms with Crippen LogP contribution in [-0.4, -0.2) is 36.1 Å². The van der Waals surface area contributed by atoms with Crippen molar-refractivity contribution in [1.82, 2.24) is 4.98 Å². The molecule has 3 heterocycles. The predicted molar refractivity (Wildman–Crippen MR) is 85.0 cm³/mol. The summed E-state index contributed by atoms with van der Waals surface area (Å²) >= 11 is 0. The monoisotopic (exact) mass is 315 g/mol. The summed E-state index contributed by atoms with van der Waals surface area (Å²) in [5, 5.41) is 2.98. The molecule has 1 atom stereocenters. The number of carbonyl (C=O) groups excluding carboxylic acids is 2. The van der Waals surface area contributed by atoms with Crippen LogP contribution in [0.5, 0.6) is 0 Å². The second kappa shape index (κ2) is 4.69. The van der Waals surface area contributed by atoms with E-state index in [1.165, 1.54) is 0 Å². The number of ether oxygens (including phenoxy) is 1. The normalized spacial score (nSPS) is 27.2. The molecule has 2 fully saturated rings. The number of fused-ring (bicyclic) bond motifs is 1. The van der Waals surface area contributed by atoms with E-state index in [-0.39, 0.29) is 23.4 Å². The summed E-state index contributed by atoms with van der Waals surface area (Å²) in [6.07, 6.45) is 6.02. The zero-order valence-electron chi connectivity index (χ0n) is 13.5. The number of hydrogen-bond acceptors (Lipinski definition) is 5. The highest BCUT2D eigenvalue weighted by molar-refractivity contribution is 5.99. The van der Waals surface area contributed by atoms with Gasteiger partial charge in [-0.3, -0.25) is 14.6 Å². The maximum atomic E-state index is 12.4. The lowest BCUT2D eigenvalue weighted by molar-refractivity contribution is -0.145. The Hall–Kier alpha value is -2.11. The van der Waals surface area contributed by atoms with Crippen LogP contribution in [-0.2, 0) is 14.3 Å². The quantitative estimate of drug-likeness (QED) is 0.845. The average Bonchev–Trinajstić information content (AvgIpc) is 3.21. The van der Waals surface area contributed by atoms with Crippen molar-refractivity contribution in [2.24, 2.45) is 10.8 Å². The molecule has 6 nitrogen and oxygen atoms in total. The molecular formula is C17H21N3O3. The van der Waals surface area contributed by atoms with Gasteiger partial charge in [-0.15, -0.1) is 0 Å². The van der Waals surface area contributed by atoms with Gasteiger partial charge >= 0.3 is 5.97 Å². The smallest absolute Gasteiger partial charge is 0.312 e. The number of cyclic esters (lactones) is 1. The topological polar surface area (TPSA) is 71.5 Å². The Morgan fingerprint density at radius 2 is 2.17 bits per heavy atom. The van der Waals surface area contributed by atoms with Gasteiger partial charge in [0.1, 0.15) is 6.10 Å². The third-order valence-corrected chi connectivity index (χ3v) is 5.19. The van der Waals surface area contributed by atoms with Crippen molar-refractivity contribution >= 4 is 23.3 Å². The molecule has 0 bridgehead atoms. The van der Waals surface area contributed by atoms with Crippen molar-refractivity contribution in [3.8, 4) is 0 Å². The highest BCUT2D eigenvalue weighted by Gasteiger charge is 2.58. The number of pyridine rings is 1. The Kier molecular flexibility index (Phi) is 2.95. The first kappa shape index (κ1) is 14.5. The molecule has 1 saturated carbocycles. The van der Waals surface area contributed by atoms with Gasteiger partial charge in [0.05, 0.1) is 34.9 Å². The summed E-state index contributed by atoms with van der Waals surface area (Å²) in [4.78, 5) is 30.7. The number of amides is 1. The van der Waals surface area contributed by atoms with Crippen molar-refractivity contribution < 1.29 is 14.3 Å². The summed E-state index contributed by atoms with van der Waals surface area (Å²) in [7, 11) is 0. The Bertz CT molecular complexity index is 681. The number of esters is 1. The van der Waals surface area contributed by atoms with Crippen LogP contribution in [0.2, 0.25) is 0 Å². The average molecular weight is 315 g/mol. The number of hydrogen-bond donors (Lipinski definition) is 1. The number of nitrogens with one attached hydrogen (secondary N) is 1. The van der Waals surface area contributed by atoms with Crippen molar-refractivity contribution in [3.05, 3.63) is 18.5 Å². The largest absolute Gasteiger partial charge is 0.460 e. The van der Waals surface area contributed by atoms with Crippen molar-refractivity contribution in [2.75, 3.05) is 23.3 Å². The lowest BCUT2D eigenvalue weighted by Gasteiger charge is -2.31. The highest BCUT2D eigenvalue weighted by atomic mass is 16.6. The molecule has 1 aliphatic carbocycles. The van der Waals surface area contributed by atoms with Gasteiger partial charge in [-0.25, -0.2) is 0 Å². The van der Waals surface area contributed by atoms with Crippen LogP contribution in [0, 0.1) is 10.8 Å². The predicted octanol–water partition coefficient (Wildman–Crippen LogP) is 1.96. The molecule has 1 spiro atoms. The second-order valence-corrected chi connectivity index (χ2v) is 7.62. The van der Waals surface area contributed by atoms with E-state index in [0.29, 0.717) is 13.1 Å². The van der Waals surface area contributed by atoms with Gasteiger partial charge in [0.2, 0.25) is 5.91 Å². The molecule has 4 rings (SSSR count). The summed E-state index contributed by atoms with van der Waals surface area (Å²) in [6.45, 7) is 5.03.